The van der Waals surface area contributed by atoms with Crippen LogP contribution in [-0.2, 0) is 0 Å². The Morgan fingerprint density at radius 2 is 2.25 bits per heavy atom. The number of nitrogen functional groups attached to an aromatic ring is 1. The predicted octanol–water partition coefficient (Wildman–Crippen LogP) is 1.78. The number of phenols is 1. The first-order chi connectivity index (χ1) is 5.57. The molecule has 5 heteroatoms. The standard InChI is InChI=1S/C7H7ClFNO2/c1-12-7-5(8)4(10)2-3(9)6(7)11/h2,11H,10H2,1H3. The summed E-state index contributed by atoms with van der Waals surface area (Å²) in [6.07, 6.45) is 0. The molecule has 1 aromatic rings. The van der Waals surface area contributed by atoms with Crippen molar-refractivity contribution in [3.8, 4) is 11.5 Å². The zero-order valence-electron chi connectivity index (χ0n) is 6.27. The molecule has 0 saturated carbocycles. The van der Waals surface area contributed by atoms with Crippen molar-refractivity contribution in [2.24, 2.45) is 0 Å². The van der Waals surface area contributed by atoms with Crippen LogP contribution in [0.5, 0.6) is 11.5 Å². The average molecular weight is 192 g/mol. The summed E-state index contributed by atoms with van der Waals surface area (Å²) in [5.74, 6) is -1.63. The van der Waals surface area contributed by atoms with Crippen LogP contribution in [0.4, 0.5) is 10.1 Å². The number of rotatable bonds is 1. The van der Waals surface area contributed by atoms with Gasteiger partial charge in [0.2, 0.25) is 0 Å². The van der Waals surface area contributed by atoms with Gasteiger partial charge in [-0.1, -0.05) is 11.6 Å². The molecule has 12 heavy (non-hydrogen) atoms. The zero-order chi connectivity index (χ0) is 9.30. The molecule has 0 amide bonds. The first kappa shape index (κ1) is 8.93. The maximum Gasteiger partial charge on any atom is 0.196 e. The summed E-state index contributed by atoms with van der Waals surface area (Å²) in [6.45, 7) is 0. The van der Waals surface area contributed by atoms with Crippen LogP contribution in [0, 0.1) is 5.82 Å². The Balaban J connectivity index is 3.42. The summed E-state index contributed by atoms with van der Waals surface area (Å²) in [5.41, 5.74) is 5.33. The number of halogens is 2. The van der Waals surface area contributed by atoms with E-state index in [1.807, 2.05) is 0 Å². The van der Waals surface area contributed by atoms with Gasteiger partial charge < -0.3 is 15.6 Å². The predicted molar refractivity (Wildman–Crippen MR) is 44.0 cm³/mol. The van der Waals surface area contributed by atoms with Gasteiger partial charge in [-0.05, 0) is 0 Å². The fraction of sp³-hybridized carbons (Fsp3) is 0.143. The highest BCUT2D eigenvalue weighted by atomic mass is 35.5. The van der Waals surface area contributed by atoms with Gasteiger partial charge in [-0.3, -0.25) is 0 Å². The molecule has 0 aromatic heterocycles. The van der Waals surface area contributed by atoms with Crippen molar-refractivity contribution in [2.45, 2.75) is 0 Å². The molecule has 0 heterocycles. The second-order valence-corrected chi connectivity index (χ2v) is 2.52. The van der Waals surface area contributed by atoms with Crippen molar-refractivity contribution < 1.29 is 14.2 Å². The van der Waals surface area contributed by atoms with Gasteiger partial charge in [-0.2, -0.15) is 0 Å². The third kappa shape index (κ3) is 1.25. The lowest BCUT2D eigenvalue weighted by atomic mass is 10.2. The van der Waals surface area contributed by atoms with Gasteiger partial charge in [-0.15, -0.1) is 0 Å². The van der Waals surface area contributed by atoms with Gasteiger partial charge in [0.15, 0.2) is 17.3 Å². The summed E-state index contributed by atoms with van der Waals surface area (Å²) in [4.78, 5) is 0. The van der Waals surface area contributed by atoms with Crippen LogP contribution in [0.1, 0.15) is 0 Å². The molecular weight excluding hydrogens is 185 g/mol. The van der Waals surface area contributed by atoms with Crippen molar-refractivity contribution in [2.75, 3.05) is 12.8 Å². The van der Waals surface area contributed by atoms with Crippen LogP contribution >= 0.6 is 11.6 Å². The van der Waals surface area contributed by atoms with Crippen molar-refractivity contribution in [3.05, 3.63) is 16.9 Å². The van der Waals surface area contributed by atoms with E-state index in [9.17, 15) is 4.39 Å². The van der Waals surface area contributed by atoms with Gasteiger partial charge in [0.05, 0.1) is 12.8 Å². The highest BCUT2D eigenvalue weighted by Crippen LogP contribution is 2.39. The summed E-state index contributed by atoms with van der Waals surface area (Å²) in [7, 11) is 1.26. The molecule has 0 aliphatic rings. The number of ether oxygens (including phenoxy) is 1. The Hall–Kier alpha value is -1.16. The molecule has 0 aliphatic heterocycles. The van der Waals surface area contributed by atoms with E-state index < -0.39 is 11.6 Å². The molecule has 0 bridgehead atoms. The number of nitrogens with two attached hydrogens (primary N) is 1. The lowest BCUT2D eigenvalue weighted by molar-refractivity contribution is 0.357. The average Bonchev–Trinajstić information content (AvgIpc) is 2.02. The molecule has 1 aromatic carbocycles. The van der Waals surface area contributed by atoms with Crippen molar-refractivity contribution >= 4 is 17.3 Å². The van der Waals surface area contributed by atoms with Crippen LogP contribution in [0.25, 0.3) is 0 Å². The lowest BCUT2D eigenvalue weighted by Crippen LogP contribution is -1.93. The van der Waals surface area contributed by atoms with Crippen LogP contribution in [-0.4, -0.2) is 12.2 Å². The van der Waals surface area contributed by atoms with E-state index in [0.717, 1.165) is 6.07 Å². The highest BCUT2D eigenvalue weighted by Gasteiger charge is 2.15. The van der Waals surface area contributed by atoms with Crippen molar-refractivity contribution in [1.82, 2.24) is 0 Å². The number of methoxy groups -OCH3 is 1. The Labute approximate surface area is 73.5 Å². The van der Waals surface area contributed by atoms with Gasteiger partial charge in [0, 0.05) is 6.07 Å². The monoisotopic (exact) mass is 191 g/mol. The van der Waals surface area contributed by atoms with E-state index in [0.29, 0.717) is 0 Å². The second-order valence-electron chi connectivity index (χ2n) is 2.14. The summed E-state index contributed by atoms with van der Waals surface area (Å²) < 4.78 is 17.4. The minimum Gasteiger partial charge on any atom is -0.502 e. The SMILES string of the molecule is COc1c(O)c(F)cc(N)c1Cl. The van der Waals surface area contributed by atoms with Crippen molar-refractivity contribution in [1.29, 1.82) is 0 Å². The Morgan fingerprint density at radius 3 is 2.75 bits per heavy atom. The molecule has 0 aliphatic carbocycles. The number of hydrogen-bond acceptors (Lipinski definition) is 3. The Kier molecular flexibility index (Phi) is 2.28. The molecule has 1 rings (SSSR count). The molecule has 66 valence electrons. The topological polar surface area (TPSA) is 55.5 Å². The van der Waals surface area contributed by atoms with Crippen molar-refractivity contribution in [3.63, 3.8) is 0 Å². The molecule has 0 fully saturated rings. The summed E-state index contributed by atoms with van der Waals surface area (Å²) >= 11 is 5.59. The van der Waals surface area contributed by atoms with Crippen LogP contribution in [0.2, 0.25) is 5.02 Å². The Morgan fingerprint density at radius 1 is 1.67 bits per heavy atom. The molecule has 3 nitrogen and oxygen atoms in total. The minimum absolute atomic E-state index is 0.0106. The molecule has 0 spiro atoms. The minimum atomic E-state index is -0.853. The summed E-state index contributed by atoms with van der Waals surface area (Å²) in [5, 5.41) is 9.07. The first-order valence-corrected chi connectivity index (χ1v) is 3.46. The van der Waals surface area contributed by atoms with Gasteiger partial charge in [-0.25, -0.2) is 4.39 Å². The highest BCUT2D eigenvalue weighted by molar-refractivity contribution is 6.34. The number of benzene rings is 1. The van der Waals surface area contributed by atoms with E-state index in [2.05, 4.69) is 4.74 Å². The van der Waals surface area contributed by atoms with E-state index >= 15 is 0 Å². The maximum absolute atomic E-state index is 12.7. The van der Waals surface area contributed by atoms with Gasteiger partial charge in [0.25, 0.3) is 0 Å². The molecular formula is C7H7ClFNO2. The number of hydrogen-bond donors (Lipinski definition) is 2. The fourth-order valence-corrected chi connectivity index (χ4v) is 1.02. The fourth-order valence-electron chi connectivity index (χ4n) is 0.798. The van der Waals surface area contributed by atoms with E-state index in [4.69, 9.17) is 22.4 Å². The summed E-state index contributed by atoms with van der Waals surface area (Å²) in [6, 6.07) is 0.931. The normalized spacial score (nSPS) is 9.92. The van der Waals surface area contributed by atoms with E-state index in [1.165, 1.54) is 7.11 Å². The largest absolute Gasteiger partial charge is 0.502 e. The smallest absolute Gasteiger partial charge is 0.196 e. The molecule has 3 N–H and O–H groups in total. The van der Waals surface area contributed by atoms with Gasteiger partial charge in [0.1, 0.15) is 5.02 Å². The number of phenolic OH excluding ortho intramolecular Hbond substituents is 1. The van der Waals surface area contributed by atoms with Crippen LogP contribution < -0.4 is 10.5 Å². The molecule has 0 radical (unpaired) electrons. The molecule has 0 unspecified atom stereocenters. The molecule has 0 atom stereocenters. The van der Waals surface area contributed by atoms with E-state index in [1.54, 1.807) is 0 Å². The lowest BCUT2D eigenvalue weighted by Gasteiger charge is -2.07. The number of anilines is 1. The van der Waals surface area contributed by atoms with E-state index in [-0.39, 0.29) is 16.5 Å². The third-order valence-corrected chi connectivity index (χ3v) is 1.77. The first-order valence-electron chi connectivity index (χ1n) is 3.08. The number of aromatic hydroxyl groups is 1. The van der Waals surface area contributed by atoms with Crippen LogP contribution in [0.3, 0.4) is 0 Å². The van der Waals surface area contributed by atoms with Crippen LogP contribution in [0.15, 0.2) is 6.07 Å². The molecule has 0 saturated heterocycles. The van der Waals surface area contributed by atoms with Gasteiger partial charge >= 0.3 is 0 Å². The zero-order valence-corrected chi connectivity index (χ0v) is 7.02. The second kappa shape index (κ2) is 3.06. The Bertz CT molecular complexity index is 291. The quantitative estimate of drug-likeness (QED) is 0.526. The maximum atomic E-state index is 12.7. The third-order valence-electron chi connectivity index (χ3n) is 1.38.